The second-order valence-corrected chi connectivity index (χ2v) is 4.68. The molecule has 1 aliphatic rings. The average molecular weight is 309 g/mol. The number of aliphatic hydroxyl groups is 2. The Kier molecular flexibility index (Phi) is 8.57. The molecule has 1 fully saturated rings. The molecule has 4 nitrogen and oxygen atoms in total. The first kappa shape index (κ1) is 18.6. The molecule has 0 saturated carbocycles. The number of hydrogen-bond donors (Lipinski definition) is 3. The smallest absolute Gasteiger partial charge is 0.0938 e. The van der Waals surface area contributed by atoms with Crippen molar-refractivity contribution in [2.24, 2.45) is 0 Å². The molecule has 1 aromatic rings. The lowest BCUT2D eigenvalue weighted by molar-refractivity contribution is 0.0572. The molecule has 1 heterocycles. The van der Waals surface area contributed by atoms with Crippen LogP contribution in [0.25, 0.3) is 0 Å². The molecule has 19 heavy (non-hydrogen) atoms. The normalized spacial score (nSPS) is 22.7. The molecule has 0 aliphatic carbocycles. The number of likely N-dealkylation sites (tertiary alicyclic amines) is 1. The summed E-state index contributed by atoms with van der Waals surface area (Å²) < 4.78 is 0. The van der Waals surface area contributed by atoms with Crippen molar-refractivity contribution in [2.75, 3.05) is 20.1 Å². The highest BCUT2D eigenvalue weighted by atomic mass is 35.5. The molecule has 110 valence electrons. The summed E-state index contributed by atoms with van der Waals surface area (Å²) in [6.07, 6.45) is -1.20. The van der Waals surface area contributed by atoms with Gasteiger partial charge in [0.25, 0.3) is 0 Å². The molecule has 2 atom stereocenters. The van der Waals surface area contributed by atoms with Gasteiger partial charge in [-0.15, -0.1) is 24.8 Å². The van der Waals surface area contributed by atoms with Crippen molar-refractivity contribution in [2.45, 2.75) is 25.3 Å². The molecular weight excluding hydrogens is 287 g/mol. The lowest BCUT2D eigenvalue weighted by Gasteiger charge is -2.14. The summed E-state index contributed by atoms with van der Waals surface area (Å²) in [5.41, 5.74) is 2.48. The van der Waals surface area contributed by atoms with E-state index in [1.54, 1.807) is 0 Å². The lowest BCUT2D eigenvalue weighted by Crippen LogP contribution is -2.22. The van der Waals surface area contributed by atoms with Gasteiger partial charge >= 0.3 is 0 Å². The van der Waals surface area contributed by atoms with Gasteiger partial charge in [-0.25, -0.2) is 0 Å². The molecule has 1 aliphatic heterocycles. The number of rotatable bonds is 4. The summed E-state index contributed by atoms with van der Waals surface area (Å²) in [6, 6.07) is 8.41. The minimum absolute atomic E-state index is 0. The number of nitrogens with zero attached hydrogens (tertiary/aromatic N) is 1. The highest BCUT2D eigenvalue weighted by Gasteiger charge is 2.29. The first-order valence-corrected chi connectivity index (χ1v) is 6.00. The van der Waals surface area contributed by atoms with Crippen molar-refractivity contribution < 1.29 is 10.2 Å². The Morgan fingerprint density at radius 3 is 2.00 bits per heavy atom. The zero-order chi connectivity index (χ0) is 12.3. The molecular formula is C13H22Cl2N2O2. The summed E-state index contributed by atoms with van der Waals surface area (Å²) in [5, 5.41) is 22.0. The van der Waals surface area contributed by atoms with E-state index in [4.69, 9.17) is 0 Å². The fraction of sp³-hybridized carbons (Fsp3) is 0.538. The molecule has 0 bridgehead atoms. The van der Waals surface area contributed by atoms with E-state index >= 15 is 0 Å². The first-order valence-electron chi connectivity index (χ1n) is 6.00. The summed E-state index contributed by atoms with van der Waals surface area (Å²) in [5.74, 6) is 0. The van der Waals surface area contributed by atoms with Crippen LogP contribution in [0.5, 0.6) is 0 Å². The van der Waals surface area contributed by atoms with Gasteiger partial charge in [-0.3, -0.25) is 4.90 Å². The maximum absolute atomic E-state index is 9.46. The van der Waals surface area contributed by atoms with Gasteiger partial charge in [-0.2, -0.15) is 0 Å². The molecule has 1 saturated heterocycles. The van der Waals surface area contributed by atoms with E-state index in [0.29, 0.717) is 13.1 Å². The van der Waals surface area contributed by atoms with Crippen molar-refractivity contribution in [3.8, 4) is 0 Å². The second-order valence-electron chi connectivity index (χ2n) is 4.68. The summed E-state index contributed by atoms with van der Waals surface area (Å²) in [6.45, 7) is 2.77. The van der Waals surface area contributed by atoms with Crippen LogP contribution >= 0.6 is 24.8 Å². The third-order valence-electron chi connectivity index (χ3n) is 3.14. The van der Waals surface area contributed by atoms with Crippen LogP contribution in [-0.4, -0.2) is 47.5 Å². The van der Waals surface area contributed by atoms with Gasteiger partial charge in [0.1, 0.15) is 0 Å². The quantitative estimate of drug-likeness (QED) is 0.770. The third kappa shape index (κ3) is 5.26. The Balaban J connectivity index is 0.00000162. The topological polar surface area (TPSA) is 55.7 Å². The maximum Gasteiger partial charge on any atom is 0.0938 e. The highest BCUT2D eigenvalue weighted by Crippen LogP contribution is 2.14. The average Bonchev–Trinajstić information content (AvgIpc) is 2.61. The van der Waals surface area contributed by atoms with E-state index < -0.39 is 12.2 Å². The molecule has 2 rings (SSSR count). The Morgan fingerprint density at radius 1 is 1.05 bits per heavy atom. The molecule has 0 radical (unpaired) electrons. The van der Waals surface area contributed by atoms with Gasteiger partial charge in [0.2, 0.25) is 0 Å². The van der Waals surface area contributed by atoms with Gasteiger partial charge in [-0.05, 0) is 18.2 Å². The fourth-order valence-electron chi connectivity index (χ4n) is 2.20. The van der Waals surface area contributed by atoms with E-state index in [2.05, 4.69) is 34.5 Å². The Bertz CT molecular complexity index is 352. The van der Waals surface area contributed by atoms with Crippen molar-refractivity contribution in [1.29, 1.82) is 0 Å². The maximum atomic E-state index is 9.46. The standard InChI is InChI=1S/C13H20N2O2.2ClH/c1-14-6-10-2-4-11(5-3-10)7-15-8-12(16)13(17)9-15;;/h2-5,12-14,16-17H,6-9H2,1H3;2*1H. The minimum Gasteiger partial charge on any atom is -0.389 e. The summed E-state index contributed by atoms with van der Waals surface area (Å²) >= 11 is 0. The monoisotopic (exact) mass is 308 g/mol. The molecule has 6 heteroatoms. The van der Waals surface area contributed by atoms with Gasteiger partial charge in [0.15, 0.2) is 0 Å². The second kappa shape index (κ2) is 8.74. The largest absolute Gasteiger partial charge is 0.389 e. The van der Waals surface area contributed by atoms with E-state index in [9.17, 15) is 10.2 Å². The number of benzene rings is 1. The van der Waals surface area contributed by atoms with Crippen LogP contribution in [0.1, 0.15) is 11.1 Å². The Labute approximate surface area is 126 Å². The lowest BCUT2D eigenvalue weighted by atomic mass is 10.1. The van der Waals surface area contributed by atoms with E-state index in [1.165, 1.54) is 11.1 Å². The number of β-amino-alcohol motifs (C(OH)–C–C–N with tert-alkyl or cyclic N) is 2. The van der Waals surface area contributed by atoms with Crippen LogP contribution in [0.15, 0.2) is 24.3 Å². The van der Waals surface area contributed by atoms with Crippen molar-refractivity contribution in [3.63, 3.8) is 0 Å². The van der Waals surface area contributed by atoms with Crippen LogP contribution in [0.3, 0.4) is 0 Å². The van der Waals surface area contributed by atoms with Crippen LogP contribution in [-0.2, 0) is 13.1 Å². The molecule has 0 spiro atoms. The van der Waals surface area contributed by atoms with Crippen LogP contribution in [0, 0.1) is 0 Å². The van der Waals surface area contributed by atoms with E-state index in [-0.39, 0.29) is 24.8 Å². The number of aliphatic hydroxyl groups excluding tert-OH is 2. The molecule has 1 aromatic carbocycles. The van der Waals surface area contributed by atoms with Gasteiger partial charge in [0.05, 0.1) is 12.2 Å². The molecule has 2 unspecified atom stereocenters. The Hall–Kier alpha value is -0.360. The Morgan fingerprint density at radius 2 is 1.53 bits per heavy atom. The number of nitrogens with one attached hydrogen (secondary N) is 1. The number of halogens is 2. The first-order chi connectivity index (χ1) is 8.19. The summed E-state index contributed by atoms with van der Waals surface area (Å²) in [4.78, 5) is 2.07. The SMILES string of the molecule is CNCc1ccc(CN2CC(O)C(O)C2)cc1.Cl.Cl. The minimum atomic E-state index is -0.599. The van der Waals surface area contributed by atoms with Crippen LogP contribution in [0.2, 0.25) is 0 Å². The van der Waals surface area contributed by atoms with E-state index in [1.807, 2.05) is 7.05 Å². The number of hydrogen-bond acceptors (Lipinski definition) is 4. The van der Waals surface area contributed by atoms with Gasteiger partial charge in [0, 0.05) is 26.2 Å². The predicted octanol–water partition coefficient (Wildman–Crippen LogP) is 0.787. The summed E-state index contributed by atoms with van der Waals surface area (Å²) in [7, 11) is 1.93. The highest BCUT2D eigenvalue weighted by molar-refractivity contribution is 5.85. The fourth-order valence-corrected chi connectivity index (χ4v) is 2.20. The van der Waals surface area contributed by atoms with Crippen LogP contribution in [0.4, 0.5) is 0 Å². The van der Waals surface area contributed by atoms with Crippen LogP contribution < -0.4 is 5.32 Å². The van der Waals surface area contributed by atoms with Gasteiger partial charge in [-0.1, -0.05) is 24.3 Å². The zero-order valence-electron chi connectivity index (χ0n) is 11.0. The van der Waals surface area contributed by atoms with Crippen molar-refractivity contribution in [1.82, 2.24) is 10.2 Å². The molecule has 0 amide bonds. The van der Waals surface area contributed by atoms with Gasteiger partial charge < -0.3 is 15.5 Å². The molecule has 0 aromatic heterocycles. The molecule has 3 N–H and O–H groups in total. The third-order valence-corrected chi connectivity index (χ3v) is 3.14. The van der Waals surface area contributed by atoms with Crippen molar-refractivity contribution >= 4 is 24.8 Å². The zero-order valence-corrected chi connectivity index (χ0v) is 12.6. The van der Waals surface area contributed by atoms with E-state index in [0.717, 1.165) is 13.1 Å². The van der Waals surface area contributed by atoms with Crippen molar-refractivity contribution in [3.05, 3.63) is 35.4 Å². The predicted molar refractivity (Wildman–Crippen MR) is 81.0 cm³/mol.